The van der Waals surface area contributed by atoms with Gasteiger partial charge in [0.15, 0.2) is 0 Å². The van der Waals surface area contributed by atoms with Crippen molar-refractivity contribution >= 4 is 17.6 Å². The number of nitro benzene ring substituents is 1. The Morgan fingerprint density at radius 1 is 1.55 bits per heavy atom. The van der Waals surface area contributed by atoms with Crippen molar-refractivity contribution in [1.29, 1.82) is 0 Å². The number of rotatable bonds is 5. The second-order valence-electron chi connectivity index (χ2n) is 3.76. The van der Waals surface area contributed by atoms with Crippen molar-refractivity contribution in [2.24, 2.45) is 0 Å². The first-order valence-electron chi connectivity index (χ1n) is 5.56. The van der Waals surface area contributed by atoms with Crippen LogP contribution in [0.5, 0.6) is 0 Å². The number of nitro groups is 1. The Morgan fingerprint density at radius 2 is 2.25 bits per heavy atom. The van der Waals surface area contributed by atoms with Gasteiger partial charge in [0.1, 0.15) is 6.04 Å². The SMILES string of the molecule is C#CC[C@H](NC(=O)c1cccc([N+](=O)[O-])c1)C(=O)OC. The molecule has 104 valence electrons. The average molecular weight is 276 g/mol. The van der Waals surface area contributed by atoms with Crippen LogP contribution in [-0.2, 0) is 9.53 Å². The van der Waals surface area contributed by atoms with Gasteiger partial charge >= 0.3 is 5.97 Å². The molecule has 1 atom stereocenters. The van der Waals surface area contributed by atoms with E-state index in [1.165, 1.54) is 25.3 Å². The maximum absolute atomic E-state index is 11.9. The zero-order valence-corrected chi connectivity index (χ0v) is 10.7. The highest BCUT2D eigenvalue weighted by atomic mass is 16.6. The van der Waals surface area contributed by atoms with Crippen LogP contribution in [0.25, 0.3) is 0 Å². The van der Waals surface area contributed by atoms with E-state index in [-0.39, 0.29) is 17.7 Å². The third-order valence-electron chi connectivity index (χ3n) is 2.43. The Kier molecular flexibility index (Phi) is 5.23. The van der Waals surface area contributed by atoms with Crippen LogP contribution in [0.4, 0.5) is 5.69 Å². The summed E-state index contributed by atoms with van der Waals surface area (Å²) in [7, 11) is 1.17. The number of benzene rings is 1. The topological polar surface area (TPSA) is 98.5 Å². The van der Waals surface area contributed by atoms with E-state index in [0.29, 0.717) is 0 Å². The smallest absolute Gasteiger partial charge is 0.329 e. The second kappa shape index (κ2) is 6.89. The zero-order chi connectivity index (χ0) is 15.1. The van der Waals surface area contributed by atoms with Gasteiger partial charge in [-0.15, -0.1) is 12.3 Å². The minimum atomic E-state index is -0.989. The van der Waals surface area contributed by atoms with E-state index < -0.39 is 22.8 Å². The molecule has 0 spiro atoms. The fourth-order valence-electron chi connectivity index (χ4n) is 1.46. The number of carbonyl (C=O) groups is 2. The number of terminal acetylenes is 1. The predicted molar refractivity (Wildman–Crippen MR) is 69.8 cm³/mol. The largest absolute Gasteiger partial charge is 0.467 e. The molecule has 0 aromatic heterocycles. The van der Waals surface area contributed by atoms with Crippen molar-refractivity contribution in [2.45, 2.75) is 12.5 Å². The van der Waals surface area contributed by atoms with Crippen LogP contribution >= 0.6 is 0 Å². The molecular weight excluding hydrogens is 264 g/mol. The number of ether oxygens (including phenoxy) is 1. The summed E-state index contributed by atoms with van der Waals surface area (Å²) in [4.78, 5) is 33.3. The molecule has 1 aromatic rings. The lowest BCUT2D eigenvalue weighted by molar-refractivity contribution is -0.384. The van der Waals surface area contributed by atoms with Gasteiger partial charge < -0.3 is 10.1 Å². The van der Waals surface area contributed by atoms with Gasteiger partial charge in [0.25, 0.3) is 11.6 Å². The maximum atomic E-state index is 11.9. The Bertz CT molecular complexity index is 576. The minimum Gasteiger partial charge on any atom is -0.467 e. The van der Waals surface area contributed by atoms with Crippen LogP contribution in [0.2, 0.25) is 0 Å². The second-order valence-corrected chi connectivity index (χ2v) is 3.76. The summed E-state index contributed by atoms with van der Waals surface area (Å²) in [5.74, 6) is 0.927. The van der Waals surface area contributed by atoms with Crippen molar-refractivity contribution in [3.63, 3.8) is 0 Å². The van der Waals surface area contributed by atoms with Crippen LogP contribution < -0.4 is 5.32 Å². The van der Waals surface area contributed by atoms with Crippen molar-refractivity contribution in [1.82, 2.24) is 5.32 Å². The van der Waals surface area contributed by atoms with Crippen molar-refractivity contribution < 1.29 is 19.2 Å². The Labute approximate surface area is 115 Å². The molecule has 1 amide bonds. The van der Waals surface area contributed by atoms with Gasteiger partial charge in [-0.2, -0.15) is 0 Å². The van der Waals surface area contributed by atoms with Crippen molar-refractivity contribution in [3.8, 4) is 12.3 Å². The lowest BCUT2D eigenvalue weighted by Gasteiger charge is -2.13. The summed E-state index contributed by atoms with van der Waals surface area (Å²) in [5, 5.41) is 13.0. The van der Waals surface area contributed by atoms with E-state index in [9.17, 15) is 19.7 Å². The van der Waals surface area contributed by atoms with Crippen LogP contribution in [-0.4, -0.2) is 30.0 Å². The standard InChI is InChI=1S/C13H12N2O5/c1-3-5-11(13(17)20-2)14-12(16)9-6-4-7-10(8-9)15(18)19/h1,4,6-8,11H,5H2,2H3,(H,14,16)/t11-/m0/s1. The van der Waals surface area contributed by atoms with Crippen LogP contribution in [0.1, 0.15) is 16.8 Å². The van der Waals surface area contributed by atoms with Gasteiger partial charge in [0, 0.05) is 24.1 Å². The molecular formula is C13H12N2O5. The van der Waals surface area contributed by atoms with E-state index in [4.69, 9.17) is 6.42 Å². The Balaban J connectivity index is 2.89. The lowest BCUT2D eigenvalue weighted by atomic mass is 10.1. The Hall–Kier alpha value is -2.88. The highest BCUT2D eigenvalue weighted by molar-refractivity contribution is 5.97. The highest BCUT2D eigenvalue weighted by Crippen LogP contribution is 2.13. The van der Waals surface area contributed by atoms with Gasteiger partial charge in [0.05, 0.1) is 12.0 Å². The summed E-state index contributed by atoms with van der Waals surface area (Å²) < 4.78 is 4.51. The molecule has 1 aromatic carbocycles. The van der Waals surface area contributed by atoms with Crippen LogP contribution in [0.15, 0.2) is 24.3 Å². The third-order valence-corrected chi connectivity index (χ3v) is 2.43. The summed E-state index contributed by atoms with van der Waals surface area (Å²) in [5.41, 5.74) is -0.158. The summed E-state index contributed by atoms with van der Waals surface area (Å²) in [6.07, 6.45) is 5.07. The van der Waals surface area contributed by atoms with Gasteiger partial charge in [0.2, 0.25) is 0 Å². The van der Waals surface area contributed by atoms with Gasteiger partial charge in [-0.05, 0) is 6.07 Å². The first kappa shape index (κ1) is 15.2. The molecule has 0 aliphatic rings. The summed E-state index contributed by atoms with van der Waals surface area (Å²) in [6, 6.07) is 4.15. The molecule has 0 heterocycles. The molecule has 1 N–H and O–H groups in total. The number of esters is 1. The van der Waals surface area contributed by atoms with E-state index in [1.807, 2.05) is 0 Å². The number of methoxy groups -OCH3 is 1. The molecule has 0 bridgehead atoms. The Morgan fingerprint density at radius 3 is 2.80 bits per heavy atom. The molecule has 0 saturated carbocycles. The number of hydrogen-bond donors (Lipinski definition) is 1. The maximum Gasteiger partial charge on any atom is 0.329 e. The lowest BCUT2D eigenvalue weighted by Crippen LogP contribution is -2.41. The molecule has 1 rings (SSSR count). The quantitative estimate of drug-likeness (QED) is 0.372. The number of nitrogens with one attached hydrogen (secondary N) is 1. The predicted octanol–water partition coefficient (Wildman–Crippen LogP) is 0.889. The van der Waals surface area contributed by atoms with E-state index in [1.54, 1.807) is 0 Å². The van der Waals surface area contributed by atoms with Crippen LogP contribution in [0, 0.1) is 22.5 Å². The molecule has 7 nitrogen and oxygen atoms in total. The molecule has 0 aliphatic carbocycles. The first-order valence-corrected chi connectivity index (χ1v) is 5.56. The molecule has 0 unspecified atom stereocenters. The normalized spacial score (nSPS) is 11.0. The number of amides is 1. The molecule has 0 aliphatic heterocycles. The molecule has 0 fully saturated rings. The van der Waals surface area contributed by atoms with Crippen molar-refractivity contribution in [3.05, 3.63) is 39.9 Å². The van der Waals surface area contributed by atoms with Crippen molar-refractivity contribution in [2.75, 3.05) is 7.11 Å². The zero-order valence-electron chi connectivity index (χ0n) is 10.7. The van der Waals surface area contributed by atoms with E-state index in [2.05, 4.69) is 16.0 Å². The van der Waals surface area contributed by atoms with E-state index in [0.717, 1.165) is 6.07 Å². The van der Waals surface area contributed by atoms with E-state index >= 15 is 0 Å². The third kappa shape index (κ3) is 3.81. The fraction of sp³-hybridized carbons (Fsp3) is 0.231. The van der Waals surface area contributed by atoms with Crippen LogP contribution in [0.3, 0.4) is 0 Å². The number of nitrogens with zero attached hydrogens (tertiary/aromatic N) is 1. The molecule has 0 saturated heterocycles. The number of carbonyl (C=O) groups excluding carboxylic acids is 2. The highest BCUT2D eigenvalue weighted by Gasteiger charge is 2.21. The number of hydrogen-bond acceptors (Lipinski definition) is 5. The number of non-ortho nitro benzene ring substituents is 1. The minimum absolute atomic E-state index is 0.0344. The van der Waals surface area contributed by atoms with Gasteiger partial charge in [-0.3, -0.25) is 14.9 Å². The molecule has 7 heteroatoms. The van der Waals surface area contributed by atoms with Gasteiger partial charge in [-0.25, -0.2) is 4.79 Å². The monoisotopic (exact) mass is 276 g/mol. The van der Waals surface area contributed by atoms with Gasteiger partial charge in [-0.1, -0.05) is 6.07 Å². The molecule has 0 radical (unpaired) electrons. The average Bonchev–Trinajstić information content (AvgIpc) is 2.45. The first-order chi connectivity index (χ1) is 9.49. The summed E-state index contributed by atoms with van der Waals surface area (Å²) >= 11 is 0. The molecule has 20 heavy (non-hydrogen) atoms. The fourth-order valence-corrected chi connectivity index (χ4v) is 1.46. The summed E-state index contributed by atoms with van der Waals surface area (Å²) in [6.45, 7) is 0.